The number of amides is 1. The van der Waals surface area contributed by atoms with Gasteiger partial charge in [0, 0.05) is 6.04 Å². The van der Waals surface area contributed by atoms with E-state index in [-0.39, 0.29) is 11.9 Å². The molecule has 1 aromatic rings. The number of hydrogen-bond donors (Lipinski definition) is 2. The summed E-state index contributed by atoms with van der Waals surface area (Å²) in [5, 5.41) is 2.98. The minimum atomic E-state index is -0.386. The lowest BCUT2D eigenvalue weighted by atomic mass is 10.1. The third-order valence-electron chi connectivity index (χ3n) is 3.36. The number of hydrogen-bond acceptors (Lipinski definition) is 2. The topological polar surface area (TPSA) is 55.1 Å². The third kappa shape index (κ3) is 3.56. The van der Waals surface area contributed by atoms with Gasteiger partial charge in [-0.05, 0) is 30.7 Å². The highest BCUT2D eigenvalue weighted by atomic mass is 16.2. The first-order chi connectivity index (χ1) is 8.16. The van der Waals surface area contributed by atoms with Gasteiger partial charge >= 0.3 is 0 Å². The van der Waals surface area contributed by atoms with Gasteiger partial charge in [-0.25, -0.2) is 0 Å². The van der Waals surface area contributed by atoms with Crippen molar-refractivity contribution >= 4 is 5.91 Å². The van der Waals surface area contributed by atoms with Crippen LogP contribution in [-0.4, -0.2) is 18.0 Å². The van der Waals surface area contributed by atoms with Gasteiger partial charge in [0.25, 0.3) is 0 Å². The molecular weight excluding hydrogens is 212 g/mol. The molecule has 0 spiro atoms. The van der Waals surface area contributed by atoms with Gasteiger partial charge in [-0.3, -0.25) is 4.79 Å². The number of carbonyl (C=O) groups is 1. The van der Waals surface area contributed by atoms with E-state index in [0.29, 0.717) is 18.4 Å². The van der Waals surface area contributed by atoms with Crippen molar-refractivity contribution in [2.24, 2.45) is 11.7 Å². The summed E-state index contributed by atoms with van der Waals surface area (Å²) < 4.78 is 0. The SMILES string of the molecule is CC1CC1NC(=O)C(N)CCc1ccccc1. The monoisotopic (exact) mass is 232 g/mol. The highest BCUT2D eigenvalue weighted by molar-refractivity contribution is 5.82. The predicted octanol–water partition coefficient (Wildman–Crippen LogP) is 1.47. The van der Waals surface area contributed by atoms with E-state index in [4.69, 9.17) is 5.73 Å². The lowest BCUT2D eigenvalue weighted by Gasteiger charge is -2.11. The van der Waals surface area contributed by atoms with E-state index >= 15 is 0 Å². The van der Waals surface area contributed by atoms with Crippen LogP contribution in [0.1, 0.15) is 25.3 Å². The average molecular weight is 232 g/mol. The Kier molecular flexibility index (Phi) is 3.79. The summed E-state index contributed by atoms with van der Waals surface area (Å²) in [6.07, 6.45) is 2.66. The van der Waals surface area contributed by atoms with Crippen LogP contribution in [0, 0.1) is 5.92 Å². The Morgan fingerprint density at radius 2 is 2.12 bits per heavy atom. The van der Waals surface area contributed by atoms with E-state index in [9.17, 15) is 4.79 Å². The first-order valence-corrected chi connectivity index (χ1v) is 6.26. The quantitative estimate of drug-likeness (QED) is 0.807. The summed E-state index contributed by atoms with van der Waals surface area (Å²) in [6, 6.07) is 10.1. The summed E-state index contributed by atoms with van der Waals surface area (Å²) in [7, 11) is 0. The largest absolute Gasteiger partial charge is 0.352 e. The molecule has 0 aliphatic heterocycles. The lowest BCUT2D eigenvalue weighted by molar-refractivity contribution is -0.122. The van der Waals surface area contributed by atoms with Crippen LogP contribution in [0.2, 0.25) is 0 Å². The van der Waals surface area contributed by atoms with Gasteiger partial charge in [-0.2, -0.15) is 0 Å². The third-order valence-corrected chi connectivity index (χ3v) is 3.36. The van der Waals surface area contributed by atoms with Crippen molar-refractivity contribution in [3.63, 3.8) is 0 Å². The van der Waals surface area contributed by atoms with Crippen molar-refractivity contribution < 1.29 is 4.79 Å². The van der Waals surface area contributed by atoms with Crippen molar-refractivity contribution in [3.8, 4) is 0 Å². The maximum Gasteiger partial charge on any atom is 0.237 e. The van der Waals surface area contributed by atoms with Crippen LogP contribution in [0.15, 0.2) is 30.3 Å². The van der Waals surface area contributed by atoms with E-state index in [0.717, 1.165) is 12.8 Å². The molecule has 3 unspecified atom stereocenters. The zero-order valence-corrected chi connectivity index (χ0v) is 10.2. The molecule has 1 saturated carbocycles. The zero-order valence-electron chi connectivity index (χ0n) is 10.2. The molecule has 17 heavy (non-hydrogen) atoms. The fourth-order valence-corrected chi connectivity index (χ4v) is 1.91. The van der Waals surface area contributed by atoms with Gasteiger partial charge < -0.3 is 11.1 Å². The molecule has 3 atom stereocenters. The van der Waals surface area contributed by atoms with E-state index in [1.54, 1.807) is 0 Å². The fraction of sp³-hybridized carbons (Fsp3) is 0.500. The van der Waals surface area contributed by atoms with Crippen LogP contribution in [0.5, 0.6) is 0 Å². The van der Waals surface area contributed by atoms with E-state index < -0.39 is 0 Å². The summed E-state index contributed by atoms with van der Waals surface area (Å²) in [5.74, 6) is 0.621. The first kappa shape index (κ1) is 12.1. The molecule has 0 saturated heterocycles. The maximum atomic E-state index is 11.7. The van der Waals surface area contributed by atoms with Crippen LogP contribution in [-0.2, 0) is 11.2 Å². The van der Waals surface area contributed by atoms with E-state index in [2.05, 4.69) is 24.4 Å². The van der Waals surface area contributed by atoms with Gasteiger partial charge in [-0.1, -0.05) is 37.3 Å². The number of nitrogens with one attached hydrogen (secondary N) is 1. The van der Waals surface area contributed by atoms with Gasteiger partial charge in [0.1, 0.15) is 0 Å². The second kappa shape index (κ2) is 5.32. The summed E-state index contributed by atoms with van der Waals surface area (Å²) >= 11 is 0. The smallest absolute Gasteiger partial charge is 0.237 e. The second-order valence-corrected chi connectivity index (χ2v) is 4.96. The second-order valence-electron chi connectivity index (χ2n) is 4.96. The minimum Gasteiger partial charge on any atom is -0.352 e. The number of aryl methyl sites for hydroxylation is 1. The standard InChI is InChI=1S/C14H20N2O/c1-10-9-13(10)16-14(17)12(15)8-7-11-5-3-2-4-6-11/h2-6,10,12-13H,7-9,15H2,1H3,(H,16,17). The average Bonchev–Trinajstić information content (AvgIpc) is 3.03. The summed E-state index contributed by atoms with van der Waals surface area (Å²) in [6.45, 7) is 2.14. The molecule has 1 fully saturated rings. The first-order valence-electron chi connectivity index (χ1n) is 6.26. The van der Waals surface area contributed by atoms with Crippen molar-refractivity contribution in [1.82, 2.24) is 5.32 Å². The van der Waals surface area contributed by atoms with Gasteiger partial charge in [-0.15, -0.1) is 0 Å². The molecule has 2 rings (SSSR count). The van der Waals surface area contributed by atoms with Gasteiger partial charge in [0.2, 0.25) is 5.91 Å². The zero-order chi connectivity index (χ0) is 12.3. The Morgan fingerprint density at radius 3 is 2.71 bits per heavy atom. The number of carbonyl (C=O) groups excluding carboxylic acids is 1. The molecule has 1 aliphatic rings. The van der Waals surface area contributed by atoms with Crippen molar-refractivity contribution in [2.45, 2.75) is 38.3 Å². The van der Waals surface area contributed by atoms with Crippen LogP contribution in [0.3, 0.4) is 0 Å². The van der Waals surface area contributed by atoms with E-state index in [1.807, 2.05) is 18.2 Å². The van der Waals surface area contributed by atoms with Crippen molar-refractivity contribution in [3.05, 3.63) is 35.9 Å². The van der Waals surface area contributed by atoms with E-state index in [1.165, 1.54) is 5.56 Å². The normalized spacial score (nSPS) is 24.1. The number of nitrogens with two attached hydrogens (primary N) is 1. The molecule has 1 aliphatic carbocycles. The molecule has 3 N–H and O–H groups in total. The highest BCUT2D eigenvalue weighted by Crippen LogP contribution is 2.28. The Labute approximate surface area is 102 Å². The number of benzene rings is 1. The predicted molar refractivity (Wildman–Crippen MR) is 68.5 cm³/mol. The highest BCUT2D eigenvalue weighted by Gasteiger charge is 2.34. The molecule has 0 bridgehead atoms. The molecule has 3 nitrogen and oxygen atoms in total. The van der Waals surface area contributed by atoms with Gasteiger partial charge in [0.05, 0.1) is 6.04 Å². The van der Waals surface area contributed by atoms with Crippen molar-refractivity contribution in [1.29, 1.82) is 0 Å². The lowest BCUT2D eigenvalue weighted by Crippen LogP contribution is -2.42. The Balaban J connectivity index is 1.73. The number of rotatable bonds is 5. The summed E-state index contributed by atoms with van der Waals surface area (Å²) in [4.78, 5) is 11.7. The van der Waals surface area contributed by atoms with Crippen LogP contribution in [0.25, 0.3) is 0 Å². The summed E-state index contributed by atoms with van der Waals surface area (Å²) in [5.41, 5.74) is 7.11. The Morgan fingerprint density at radius 1 is 1.47 bits per heavy atom. The molecule has 92 valence electrons. The van der Waals surface area contributed by atoms with Crippen LogP contribution >= 0.6 is 0 Å². The Bertz CT molecular complexity index is 377. The van der Waals surface area contributed by atoms with Crippen LogP contribution in [0.4, 0.5) is 0 Å². The van der Waals surface area contributed by atoms with Gasteiger partial charge in [0.15, 0.2) is 0 Å². The Hall–Kier alpha value is -1.35. The minimum absolute atomic E-state index is 0.00437. The molecule has 1 aromatic carbocycles. The molecule has 1 amide bonds. The van der Waals surface area contributed by atoms with Crippen molar-refractivity contribution in [2.75, 3.05) is 0 Å². The molecule has 0 heterocycles. The molecule has 3 heteroatoms. The molecule has 0 aromatic heterocycles. The van der Waals surface area contributed by atoms with Crippen LogP contribution < -0.4 is 11.1 Å². The maximum absolute atomic E-state index is 11.7. The molecular formula is C14H20N2O. The molecule has 0 radical (unpaired) electrons. The fourth-order valence-electron chi connectivity index (χ4n) is 1.91.